The molecule has 0 saturated carbocycles. The van der Waals surface area contributed by atoms with Gasteiger partial charge in [0.15, 0.2) is 0 Å². The Labute approximate surface area is 144 Å². The van der Waals surface area contributed by atoms with Crippen LogP contribution >= 0.6 is 22.6 Å². The van der Waals surface area contributed by atoms with E-state index in [1.54, 1.807) is 20.8 Å². The molecule has 1 N–H and O–H groups in total. The Bertz CT molecular complexity index is 707. The molecule has 118 valence electrons. The highest BCUT2D eigenvalue weighted by molar-refractivity contribution is 14.1. The molecule has 2 aromatic rings. The fraction of sp³-hybridized carbons (Fsp3) is 0.412. The number of hydrogen-bond acceptors (Lipinski definition) is 4. The second-order valence-corrected chi connectivity index (χ2v) is 7.39. The first-order chi connectivity index (χ1) is 10.2. The predicted octanol–water partition coefficient (Wildman–Crippen LogP) is 3.77. The Morgan fingerprint density at radius 3 is 2.64 bits per heavy atom. The summed E-state index contributed by atoms with van der Waals surface area (Å²) in [4.78, 5) is 16.4. The first-order valence-corrected chi connectivity index (χ1v) is 8.19. The van der Waals surface area contributed by atoms with Crippen molar-refractivity contribution in [3.63, 3.8) is 0 Å². The van der Waals surface area contributed by atoms with Crippen molar-refractivity contribution in [2.75, 3.05) is 6.61 Å². The maximum Gasteiger partial charge on any atom is 0.311 e. The van der Waals surface area contributed by atoms with E-state index < -0.39 is 11.5 Å². The summed E-state index contributed by atoms with van der Waals surface area (Å²) in [7, 11) is 0. The zero-order valence-electron chi connectivity index (χ0n) is 13.2. The molecule has 0 radical (unpaired) electrons. The minimum absolute atomic E-state index is 0.0625. The van der Waals surface area contributed by atoms with Gasteiger partial charge in [-0.05, 0) is 56.4 Å². The van der Waals surface area contributed by atoms with Crippen molar-refractivity contribution in [3.05, 3.63) is 39.1 Å². The summed E-state index contributed by atoms with van der Waals surface area (Å²) in [5, 5.41) is 11.4. The molecule has 0 aliphatic rings. The molecular formula is C17H20INO3. The third kappa shape index (κ3) is 3.57. The molecule has 0 amide bonds. The van der Waals surface area contributed by atoms with E-state index in [0.717, 1.165) is 25.7 Å². The lowest BCUT2D eigenvalue weighted by molar-refractivity contribution is -0.156. The Morgan fingerprint density at radius 1 is 1.36 bits per heavy atom. The molecule has 0 saturated heterocycles. The lowest BCUT2D eigenvalue weighted by Gasteiger charge is -2.20. The maximum atomic E-state index is 11.8. The van der Waals surface area contributed by atoms with E-state index >= 15 is 0 Å². The van der Waals surface area contributed by atoms with Crippen LogP contribution in [0.1, 0.15) is 38.1 Å². The van der Waals surface area contributed by atoms with Gasteiger partial charge in [-0.1, -0.05) is 18.2 Å². The summed E-state index contributed by atoms with van der Waals surface area (Å²) in [6, 6.07) is 7.80. The first kappa shape index (κ1) is 17.1. The molecular weight excluding hydrogens is 393 g/mol. The smallest absolute Gasteiger partial charge is 0.311 e. The van der Waals surface area contributed by atoms with Crippen LogP contribution in [0, 0.1) is 15.9 Å². The van der Waals surface area contributed by atoms with E-state index in [4.69, 9.17) is 4.74 Å². The highest BCUT2D eigenvalue weighted by Crippen LogP contribution is 2.30. The maximum absolute atomic E-state index is 11.8. The molecule has 1 aromatic carbocycles. The predicted molar refractivity (Wildman–Crippen MR) is 94.6 cm³/mol. The van der Waals surface area contributed by atoms with Crippen molar-refractivity contribution in [1.29, 1.82) is 0 Å². The number of fused-ring (bicyclic) bond motifs is 1. The average molecular weight is 413 g/mol. The average Bonchev–Trinajstić information content (AvgIpc) is 2.43. The number of carbonyl (C=O) groups is 1. The molecule has 5 heteroatoms. The Hall–Kier alpha value is -1.21. The van der Waals surface area contributed by atoms with Crippen LogP contribution in [-0.4, -0.2) is 22.7 Å². The minimum Gasteiger partial charge on any atom is -0.462 e. The number of para-hydroxylation sites is 1. The van der Waals surface area contributed by atoms with Crippen LogP contribution in [0.5, 0.6) is 0 Å². The zero-order chi connectivity index (χ0) is 16.5. The van der Waals surface area contributed by atoms with Gasteiger partial charge in [0.05, 0.1) is 10.9 Å². The van der Waals surface area contributed by atoms with Crippen LogP contribution in [-0.2, 0) is 9.53 Å². The quantitative estimate of drug-likeness (QED) is 0.615. The van der Waals surface area contributed by atoms with Crippen molar-refractivity contribution >= 4 is 39.5 Å². The molecule has 1 aromatic heterocycles. The number of hydrogen-bond donors (Lipinski definition) is 1. The lowest BCUT2D eigenvalue weighted by Crippen LogP contribution is -2.25. The molecule has 0 unspecified atom stereocenters. The molecule has 0 aliphatic heterocycles. The number of esters is 1. The lowest BCUT2D eigenvalue weighted by atomic mass is 9.97. The summed E-state index contributed by atoms with van der Waals surface area (Å²) < 4.78 is 6.17. The van der Waals surface area contributed by atoms with Crippen molar-refractivity contribution < 1.29 is 14.6 Å². The molecule has 4 nitrogen and oxygen atoms in total. The fourth-order valence-corrected chi connectivity index (χ4v) is 3.35. The number of carbonyl (C=O) groups excluding carboxylic acids is 1. The number of aliphatic hydroxyl groups excluding tert-OH is 1. The molecule has 0 spiro atoms. The molecule has 0 fully saturated rings. The highest BCUT2D eigenvalue weighted by atomic mass is 127. The van der Waals surface area contributed by atoms with Gasteiger partial charge in [0.25, 0.3) is 0 Å². The summed E-state index contributed by atoms with van der Waals surface area (Å²) >= 11 is 2.21. The van der Waals surface area contributed by atoms with Crippen LogP contribution in [0.25, 0.3) is 10.9 Å². The Kier molecular flexibility index (Phi) is 5.07. The third-order valence-electron chi connectivity index (χ3n) is 3.37. The summed E-state index contributed by atoms with van der Waals surface area (Å²) in [5.74, 6) is -0.326. The summed E-state index contributed by atoms with van der Waals surface area (Å²) in [6.07, 6.45) is -0.879. The Morgan fingerprint density at radius 2 is 2.00 bits per heavy atom. The monoisotopic (exact) mass is 413 g/mol. The molecule has 2 rings (SSSR count). The highest BCUT2D eigenvalue weighted by Gasteiger charge is 2.25. The normalized spacial score (nSPS) is 13.2. The van der Waals surface area contributed by atoms with Gasteiger partial charge >= 0.3 is 5.97 Å². The zero-order valence-corrected chi connectivity index (χ0v) is 15.3. The van der Waals surface area contributed by atoms with Gasteiger partial charge < -0.3 is 9.84 Å². The summed E-state index contributed by atoms with van der Waals surface area (Å²) in [6.45, 7) is 7.16. The van der Waals surface area contributed by atoms with Gasteiger partial charge in [0.2, 0.25) is 0 Å². The number of ether oxygens (including phenoxy) is 1. The number of pyridine rings is 1. The topological polar surface area (TPSA) is 59.4 Å². The van der Waals surface area contributed by atoms with E-state index in [-0.39, 0.29) is 12.6 Å². The molecule has 0 aliphatic carbocycles. The molecule has 22 heavy (non-hydrogen) atoms. The van der Waals surface area contributed by atoms with E-state index in [2.05, 4.69) is 27.6 Å². The standard InChI is InChI=1S/C17H20INO3/c1-10-14(13(20)9-22-16(21)17(2,3)4)15(18)11-7-5-6-8-12(11)19-10/h5-8,13,20H,9H2,1-4H3/t13-/m0/s1. The third-order valence-corrected chi connectivity index (χ3v) is 4.54. The van der Waals surface area contributed by atoms with Gasteiger partial charge in [0, 0.05) is 20.2 Å². The van der Waals surface area contributed by atoms with E-state index in [1.165, 1.54) is 0 Å². The minimum atomic E-state index is -0.879. The van der Waals surface area contributed by atoms with E-state index in [9.17, 15) is 9.90 Å². The number of nitrogens with zero attached hydrogens (tertiary/aromatic N) is 1. The first-order valence-electron chi connectivity index (χ1n) is 7.12. The number of aryl methyl sites for hydroxylation is 1. The van der Waals surface area contributed by atoms with E-state index in [0.29, 0.717) is 0 Å². The second kappa shape index (κ2) is 6.50. The van der Waals surface area contributed by atoms with Crippen LogP contribution in [0.2, 0.25) is 0 Å². The van der Waals surface area contributed by atoms with Crippen molar-refractivity contribution in [1.82, 2.24) is 4.98 Å². The van der Waals surface area contributed by atoms with Gasteiger partial charge in [-0.15, -0.1) is 0 Å². The van der Waals surface area contributed by atoms with Crippen molar-refractivity contribution in [3.8, 4) is 0 Å². The van der Waals surface area contributed by atoms with Crippen LogP contribution < -0.4 is 0 Å². The van der Waals surface area contributed by atoms with E-state index in [1.807, 2.05) is 31.2 Å². The molecule has 0 bridgehead atoms. The van der Waals surface area contributed by atoms with Gasteiger partial charge in [-0.25, -0.2) is 0 Å². The van der Waals surface area contributed by atoms with Crippen molar-refractivity contribution in [2.45, 2.75) is 33.8 Å². The van der Waals surface area contributed by atoms with Crippen LogP contribution in [0.15, 0.2) is 24.3 Å². The SMILES string of the molecule is Cc1nc2ccccc2c(I)c1[C@@H](O)COC(=O)C(C)(C)C. The van der Waals surface area contributed by atoms with Crippen molar-refractivity contribution in [2.24, 2.45) is 5.41 Å². The van der Waals surface area contributed by atoms with Gasteiger partial charge in [-0.2, -0.15) is 0 Å². The molecule has 1 heterocycles. The number of rotatable bonds is 3. The van der Waals surface area contributed by atoms with Gasteiger partial charge in [-0.3, -0.25) is 9.78 Å². The number of halogens is 1. The largest absolute Gasteiger partial charge is 0.462 e. The fourth-order valence-electron chi connectivity index (χ4n) is 2.14. The number of aromatic nitrogens is 1. The number of aliphatic hydroxyl groups is 1. The second-order valence-electron chi connectivity index (χ2n) is 6.31. The van der Waals surface area contributed by atoms with Crippen LogP contribution in [0.4, 0.5) is 0 Å². The Balaban J connectivity index is 2.28. The molecule has 1 atom stereocenters. The number of benzene rings is 1. The summed E-state index contributed by atoms with van der Waals surface area (Å²) in [5.41, 5.74) is 1.79. The van der Waals surface area contributed by atoms with Gasteiger partial charge in [0.1, 0.15) is 12.7 Å². The van der Waals surface area contributed by atoms with Crippen LogP contribution in [0.3, 0.4) is 0 Å².